The number of carbonyl (C=O) groups excluding carboxylic acids is 1. The summed E-state index contributed by atoms with van der Waals surface area (Å²) in [6.07, 6.45) is 1.82. The molecule has 0 saturated heterocycles. The number of aliphatic hydroxyl groups is 1. The summed E-state index contributed by atoms with van der Waals surface area (Å²) in [4.78, 5) is 21.9. The molecule has 19 heavy (non-hydrogen) atoms. The lowest BCUT2D eigenvalue weighted by molar-refractivity contribution is -0.155. The highest BCUT2D eigenvalue weighted by molar-refractivity contribution is 5.79. The van der Waals surface area contributed by atoms with Gasteiger partial charge in [0.15, 0.2) is 5.60 Å². The number of rotatable bonds is 9. The molecule has 1 unspecified atom stereocenters. The third kappa shape index (κ3) is 9.26. The maximum Gasteiger partial charge on any atom is 0.337 e. The quantitative estimate of drug-likeness (QED) is 0.454. The number of amides is 2. The summed E-state index contributed by atoms with van der Waals surface area (Å²) in [5.41, 5.74) is -1.96. The number of unbranched alkanes of at least 4 members (excludes halogenated alkanes) is 1. The molecule has 7 heteroatoms. The Labute approximate surface area is 113 Å². The van der Waals surface area contributed by atoms with Crippen molar-refractivity contribution in [2.45, 2.75) is 45.3 Å². The summed E-state index contributed by atoms with van der Waals surface area (Å²) >= 11 is 0. The molecule has 0 rings (SSSR count). The van der Waals surface area contributed by atoms with Gasteiger partial charge < -0.3 is 25.6 Å². The molecule has 0 saturated carbocycles. The van der Waals surface area contributed by atoms with Gasteiger partial charge in [0, 0.05) is 13.2 Å². The zero-order chi connectivity index (χ0) is 14.9. The highest BCUT2D eigenvalue weighted by atomic mass is 16.5. The Morgan fingerprint density at radius 3 is 2.42 bits per heavy atom. The van der Waals surface area contributed by atoms with E-state index in [1.165, 1.54) is 0 Å². The van der Waals surface area contributed by atoms with Crippen LogP contribution in [0.2, 0.25) is 0 Å². The summed E-state index contributed by atoms with van der Waals surface area (Å²) in [6.45, 7) is 5.82. The molecule has 0 fully saturated rings. The first kappa shape index (κ1) is 17.7. The average molecular weight is 276 g/mol. The lowest BCUT2D eigenvalue weighted by Crippen LogP contribution is -2.49. The van der Waals surface area contributed by atoms with Crippen molar-refractivity contribution in [2.75, 3.05) is 19.7 Å². The molecule has 0 aromatic heterocycles. The molecule has 0 aromatic carbocycles. The molecule has 7 nitrogen and oxygen atoms in total. The number of carboxylic acid groups (broad SMARTS) is 1. The SMILES string of the molecule is CC(C)OCCCCNC(=O)NCC(C)(O)C(=O)O. The Kier molecular flexibility index (Phi) is 8.09. The van der Waals surface area contributed by atoms with Gasteiger partial charge in [0.2, 0.25) is 0 Å². The first-order chi connectivity index (χ1) is 8.75. The van der Waals surface area contributed by atoms with Crippen LogP contribution in [0.5, 0.6) is 0 Å². The summed E-state index contributed by atoms with van der Waals surface area (Å²) < 4.78 is 5.34. The van der Waals surface area contributed by atoms with E-state index in [0.717, 1.165) is 19.8 Å². The van der Waals surface area contributed by atoms with Crippen LogP contribution >= 0.6 is 0 Å². The van der Waals surface area contributed by atoms with Gasteiger partial charge in [0.25, 0.3) is 0 Å². The maximum absolute atomic E-state index is 11.3. The number of carboxylic acids is 1. The standard InChI is InChI=1S/C12H24N2O5/c1-9(2)19-7-5-4-6-13-11(17)14-8-12(3,18)10(15)16/h9,18H,4-8H2,1-3H3,(H,15,16)(H2,13,14,17). The molecule has 0 radical (unpaired) electrons. The fourth-order valence-corrected chi connectivity index (χ4v) is 1.14. The van der Waals surface area contributed by atoms with Crippen molar-refractivity contribution >= 4 is 12.0 Å². The Hall–Kier alpha value is -1.34. The third-order valence-corrected chi connectivity index (χ3v) is 2.36. The molecule has 2 amide bonds. The Balaban J connectivity index is 3.58. The number of carbonyl (C=O) groups is 2. The zero-order valence-electron chi connectivity index (χ0n) is 11.7. The highest BCUT2D eigenvalue weighted by Crippen LogP contribution is 2.00. The van der Waals surface area contributed by atoms with Crippen molar-refractivity contribution in [2.24, 2.45) is 0 Å². The molecular weight excluding hydrogens is 252 g/mol. The van der Waals surface area contributed by atoms with E-state index in [2.05, 4.69) is 10.6 Å². The van der Waals surface area contributed by atoms with Crippen LogP contribution in [0.25, 0.3) is 0 Å². The van der Waals surface area contributed by atoms with Gasteiger partial charge >= 0.3 is 12.0 Å². The van der Waals surface area contributed by atoms with Crippen LogP contribution in [0.15, 0.2) is 0 Å². The van der Waals surface area contributed by atoms with Crippen LogP contribution in [0.4, 0.5) is 4.79 Å². The van der Waals surface area contributed by atoms with Crippen LogP contribution in [-0.4, -0.2) is 53.6 Å². The van der Waals surface area contributed by atoms with Crippen molar-refractivity contribution in [1.82, 2.24) is 10.6 Å². The number of ether oxygens (including phenoxy) is 1. The molecule has 0 bridgehead atoms. The summed E-state index contributed by atoms with van der Waals surface area (Å²) in [6, 6.07) is -0.494. The Morgan fingerprint density at radius 2 is 1.89 bits per heavy atom. The van der Waals surface area contributed by atoms with Crippen LogP contribution in [0, 0.1) is 0 Å². The van der Waals surface area contributed by atoms with Gasteiger partial charge in [-0.15, -0.1) is 0 Å². The predicted molar refractivity (Wildman–Crippen MR) is 70.0 cm³/mol. The first-order valence-corrected chi connectivity index (χ1v) is 6.35. The fourth-order valence-electron chi connectivity index (χ4n) is 1.14. The van der Waals surface area contributed by atoms with Crippen molar-refractivity contribution in [3.8, 4) is 0 Å². The zero-order valence-corrected chi connectivity index (χ0v) is 11.7. The van der Waals surface area contributed by atoms with E-state index in [4.69, 9.17) is 9.84 Å². The minimum Gasteiger partial charge on any atom is -0.479 e. The minimum atomic E-state index is -1.96. The van der Waals surface area contributed by atoms with E-state index in [9.17, 15) is 14.7 Å². The largest absolute Gasteiger partial charge is 0.479 e. The fraction of sp³-hybridized carbons (Fsp3) is 0.833. The molecule has 0 aliphatic heterocycles. The molecule has 0 spiro atoms. The number of aliphatic carboxylic acids is 1. The van der Waals surface area contributed by atoms with Crippen molar-refractivity contribution in [3.63, 3.8) is 0 Å². The topological polar surface area (TPSA) is 108 Å². The number of nitrogens with one attached hydrogen (secondary N) is 2. The lowest BCUT2D eigenvalue weighted by Gasteiger charge is -2.18. The molecule has 4 N–H and O–H groups in total. The minimum absolute atomic E-state index is 0.203. The van der Waals surface area contributed by atoms with Gasteiger partial charge in [-0.2, -0.15) is 0 Å². The van der Waals surface area contributed by atoms with E-state index in [0.29, 0.717) is 13.2 Å². The highest BCUT2D eigenvalue weighted by Gasteiger charge is 2.30. The number of hydrogen-bond donors (Lipinski definition) is 4. The number of hydrogen-bond acceptors (Lipinski definition) is 4. The van der Waals surface area contributed by atoms with Crippen LogP contribution in [0.1, 0.15) is 33.6 Å². The van der Waals surface area contributed by atoms with Crippen molar-refractivity contribution in [1.29, 1.82) is 0 Å². The van der Waals surface area contributed by atoms with Gasteiger partial charge in [0.1, 0.15) is 0 Å². The van der Waals surface area contributed by atoms with Gasteiger partial charge in [-0.1, -0.05) is 0 Å². The molecule has 112 valence electrons. The van der Waals surface area contributed by atoms with Crippen LogP contribution < -0.4 is 10.6 Å². The maximum atomic E-state index is 11.3. The smallest absolute Gasteiger partial charge is 0.337 e. The molecule has 0 aliphatic carbocycles. The normalized spacial score (nSPS) is 13.9. The summed E-state index contributed by atoms with van der Waals surface area (Å²) in [7, 11) is 0. The van der Waals surface area contributed by atoms with Gasteiger partial charge in [0.05, 0.1) is 12.6 Å². The second kappa shape index (κ2) is 8.71. The van der Waals surface area contributed by atoms with Crippen molar-refractivity contribution < 1.29 is 24.5 Å². The molecule has 0 aromatic rings. The van der Waals surface area contributed by atoms with E-state index >= 15 is 0 Å². The molecule has 0 aliphatic rings. The summed E-state index contributed by atoms with van der Waals surface area (Å²) in [5, 5.41) is 22.9. The number of urea groups is 1. The summed E-state index contributed by atoms with van der Waals surface area (Å²) in [5.74, 6) is -1.38. The van der Waals surface area contributed by atoms with Crippen molar-refractivity contribution in [3.05, 3.63) is 0 Å². The van der Waals surface area contributed by atoms with Crippen LogP contribution in [0.3, 0.4) is 0 Å². The van der Waals surface area contributed by atoms with Crippen LogP contribution in [-0.2, 0) is 9.53 Å². The van der Waals surface area contributed by atoms with E-state index in [1.54, 1.807) is 0 Å². The Bertz CT molecular complexity index is 292. The van der Waals surface area contributed by atoms with E-state index in [-0.39, 0.29) is 12.6 Å². The molecular formula is C12H24N2O5. The second-order valence-corrected chi connectivity index (χ2v) is 4.82. The predicted octanol–water partition coefficient (Wildman–Crippen LogP) is 0.326. The van der Waals surface area contributed by atoms with Gasteiger partial charge in [-0.3, -0.25) is 0 Å². The van der Waals surface area contributed by atoms with E-state index in [1.807, 2.05) is 13.8 Å². The average Bonchev–Trinajstić information content (AvgIpc) is 2.30. The lowest BCUT2D eigenvalue weighted by atomic mass is 10.1. The monoisotopic (exact) mass is 276 g/mol. The van der Waals surface area contributed by atoms with Gasteiger partial charge in [-0.25, -0.2) is 9.59 Å². The van der Waals surface area contributed by atoms with E-state index < -0.39 is 17.6 Å². The third-order valence-electron chi connectivity index (χ3n) is 2.36. The Morgan fingerprint density at radius 1 is 1.26 bits per heavy atom. The second-order valence-electron chi connectivity index (χ2n) is 4.82. The molecule has 0 heterocycles. The molecule has 1 atom stereocenters. The van der Waals surface area contributed by atoms with Gasteiger partial charge in [-0.05, 0) is 33.6 Å². The first-order valence-electron chi connectivity index (χ1n) is 6.35.